The molecule has 2 bridgehead atoms. The Morgan fingerprint density at radius 1 is 1.14 bits per heavy atom. The van der Waals surface area contributed by atoms with Crippen molar-refractivity contribution in [2.45, 2.75) is 62.8 Å². The zero-order valence-corrected chi connectivity index (χ0v) is 26.9. The molecule has 49 heavy (non-hydrogen) atoms. The molecule has 10 nitrogen and oxygen atoms in total. The lowest BCUT2D eigenvalue weighted by Gasteiger charge is -2.35. The number of phenols is 1. The van der Waals surface area contributed by atoms with Gasteiger partial charge in [-0.25, -0.2) is 22.9 Å². The minimum absolute atomic E-state index is 0.0134. The average molecular weight is 673 g/mol. The van der Waals surface area contributed by atoms with Crippen molar-refractivity contribution in [3.05, 3.63) is 47.2 Å². The van der Waals surface area contributed by atoms with Gasteiger partial charge in [-0.05, 0) is 62.7 Å². The van der Waals surface area contributed by atoms with Gasteiger partial charge in [-0.1, -0.05) is 12.0 Å². The fraction of sp³-hybridized carbons (Fsp3) is 0.444. The predicted molar refractivity (Wildman–Crippen MR) is 176 cm³/mol. The van der Waals surface area contributed by atoms with Gasteiger partial charge >= 0.3 is 12.0 Å². The Kier molecular flexibility index (Phi) is 7.76. The highest BCUT2D eigenvalue weighted by molar-refractivity contribution is 6.09. The van der Waals surface area contributed by atoms with Gasteiger partial charge in [0.2, 0.25) is 0 Å². The number of alkyl halides is 1. The number of aromatic hydroxyl groups is 1. The summed E-state index contributed by atoms with van der Waals surface area (Å²) in [5, 5.41) is 14.8. The molecule has 0 radical (unpaired) electrons. The third-order valence-corrected chi connectivity index (χ3v) is 10.4. The van der Waals surface area contributed by atoms with Crippen LogP contribution in [0.3, 0.4) is 0 Å². The van der Waals surface area contributed by atoms with Crippen molar-refractivity contribution in [2.75, 3.05) is 44.3 Å². The molecule has 0 amide bonds. The predicted octanol–water partition coefficient (Wildman–Crippen LogP) is 4.88. The highest BCUT2D eigenvalue weighted by atomic mass is 19.1. The Labute approximate surface area is 280 Å². The molecule has 8 rings (SSSR count). The number of anilines is 1. The van der Waals surface area contributed by atoms with E-state index in [1.807, 2.05) is 4.90 Å². The molecule has 254 valence electrons. The molecule has 6 heterocycles. The van der Waals surface area contributed by atoms with Crippen LogP contribution in [0.5, 0.6) is 11.8 Å². The van der Waals surface area contributed by atoms with Gasteiger partial charge in [-0.3, -0.25) is 4.90 Å². The van der Waals surface area contributed by atoms with E-state index in [1.165, 1.54) is 24.3 Å². The molecule has 4 aromatic rings. The number of nitrogens with zero attached hydrogens (tertiary/aromatic N) is 5. The number of halogens is 3. The number of pyridine rings is 1. The largest absolute Gasteiger partial charge is 0.508 e. The first kappa shape index (κ1) is 31.6. The zero-order valence-electron chi connectivity index (χ0n) is 26.9. The maximum Gasteiger partial charge on any atom is 0.357 e. The van der Waals surface area contributed by atoms with Crippen molar-refractivity contribution >= 4 is 33.5 Å². The van der Waals surface area contributed by atoms with E-state index >= 15 is 8.78 Å². The number of phenolic OH excluding ortho intramolecular Hbond substituents is 1. The maximum absolute atomic E-state index is 17.2. The van der Waals surface area contributed by atoms with Gasteiger partial charge in [0, 0.05) is 49.1 Å². The number of ether oxygens (including phenoxy) is 2. The van der Waals surface area contributed by atoms with Crippen molar-refractivity contribution in [3.63, 3.8) is 0 Å². The van der Waals surface area contributed by atoms with Crippen LogP contribution < -0.4 is 15.0 Å². The minimum atomic E-state index is -0.971. The molecule has 2 aromatic carbocycles. The fourth-order valence-electron chi connectivity index (χ4n) is 8.32. The lowest BCUT2D eigenvalue weighted by atomic mass is 9.95. The molecular formula is C36H35F3N6O4. The van der Waals surface area contributed by atoms with Crippen LogP contribution in [-0.2, 0) is 4.74 Å². The molecule has 4 fully saturated rings. The number of hydrogen-bond acceptors (Lipinski definition) is 10. The average Bonchev–Trinajstić information content (AvgIpc) is 3.73. The number of piperazine rings is 1. The first-order valence-electron chi connectivity index (χ1n) is 16.7. The lowest BCUT2D eigenvalue weighted by molar-refractivity contribution is 0.0522. The van der Waals surface area contributed by atoms with Crippen LogP contribution in [0.4, 0.5) is 19.0 Å². The van der Waals surface area contributed by atoms with Gasteiger partial charge in [0.05, 0.1) is 23.1 Å². The molecule has 4 aliphatic rings. The second-order valence-corrected chi connectivity index (χ2v) is 13.5. The van der Waals surface area contributed by atoms with E-state index < -0.39 is 29.3 Å². The number of hydrogen-bond donors (Lipinski definition) is 2. The van der Waals surface area contributed by atoms with Gasteiger partial charge in [-0.2, -0.15) is 9.97 Å². The van der Waals surface area contributed by atoms with Crippen LogP contribution in [0.2, 0.25) is 0 Å². The van der Waals surface area contributed by atoms with Crippen molar-refractivity contribution in [3.8, 4) is 35.4 Å². The topological polar surface area (TPSA) is 113 Å². The van der Waals surface area contributed by atoms with Crippen molar-refractivity contribution in [2.24, 2.45) is 0 Å². The monoisotopic (exact) mass is 672 g/mol. The van der Waals surface area contributed by atoms with E-state index in [0.717, 1.165) is 32.2 Å². The maximum atomic E-state index is 17.2. The molecule has 0 saturated carbocycles. The van der Waals surface area contributed by atoms with E-state index in [4.69, 9.17) is 20.9 Å². The minimum Gasteiger partial charge on any atom is -0.508 e. The second kappa shape index (κ2) is 12.0. The molecule has 0 aliphatic carbocycles. The Bertz CT molecular complexity index is 2040. The molecule has 2 aromatic heterocycles. The van der Waals surface area contributed by atoms with Crippen molar-refractivity contribution in [1.29, 1.82) is 0 Å². The number of fused-ring (bicyclic) bond motifs is 5. The van der Waals surface area contributed by atoms with Crippen LogP contribution in [0.25, 0.3) is 32.9 Å². The van der Waals surface area contributed by atoms with Crippen LogP contribution >= 0.6 is 0 Å². The molecule has 13 heteroatoms. The number of rotatable bonds is 7. The SMILES string of the molecule is C#Cc1c(F)ccc2cc(O)cc(-c3nc(C(=O)OCC)c4c(N5CC6CCC(C5)N6)nc(OC[C@@]56CCCN5C[C@H](F)C6)nc4c3F)c12. The quantitative estimate of drug-likeness (QED) is 0.208. The molecule has 4 atom stereocenters. The molecular weight excluding hydrogens is 637 g/mol. The summed E-state index contributed by atoms with van der Waals surface area (Å²) in [7, 11) is 0. The summed E-state index contributed by atoms with van der Waals surface area (Å²) >= 11 is 0. The van der Waals surface area contributed by atoms with Gasteiger partial charge in [0.25, 0.3) is 0 Å². The zero-order chi connectivity index (χ0) is 34.0. The summed E-state index contributed by atoms with van der Waals surface area (Å²) in [6.45, 7) is 3.94. The smallest absolute Gasteiger partial charge is 0.357 e. The lowest BCUT2D eigenvalue weighted by Crippen LogP contribution is -2.51. The van der Waals surface area contributed by atoms with E-state index in [2.05, 4.69) is 26.1 Å². The van der Waals surface area contributed by atoms with Gasteiger partial charge in [0.1, 0.15) is 41.4 Å². The molecule has 2 unspecified atom stereocenters. The van der Waals surface area contributed by atoms with Crippen LogP contribution in [-0.4, -0.2) is 94.1 Å². The third-order valence-electron chi connectivity index (χ3n) is 10.4. The standard InChI is InChI=1S/C36H35F3N6O4/c1-3-24-26(38)9-6-19-12-23(46)13-25(27(19)24)30-29(39)31-28(32(41-30)34(47)48-4-2)33(44-16-21-7-8-22(17-44)40-21)43-35(42-31)49-18-36-10-5-11-45(36)15-20(37)14-36/h1,6,9,12-13,20-22,40,46H,4-5,7-8,10-11,14-18H2,2H3/t20-,21?,22?,36+/m1/s1. The summed E-state index contributed by atoms with van der Waals surface area (Å²) in [4.78, 5) is 31.6. The molecule has 4 aliphatic heterocycles. The molecule has 0 spiro atoms. The number of esters is 1. The van der Waals surface area contributed by atoms with Gasteiger partial charge in [-0.15, -0.1) is 6.42 Å². The van der Waals surface area contributed by atoms with Crippen LogP contribution in [0.1, 0.15) is 55.1 Å². The first-order chi connectivity index (χ1) is 23.7. The highest BCUT2D eigenvalue weighted by Gasteiger charge is 2.49. The highest BCUT2D eigenvalue weighted by Crippen LogP contribution is 2.43. The second-order valence-electron chi connectivity index (χ2n) is 13.5. The third kappa shape index (κ3) is 5.29. The fourth-order valence-corrected chi connectivity index (χ4v) is 8.32. The van der Waals surface area contributed by atoms with Gasteiger partial charge in [0.15, 0.2) is 11.5 Å². The van der Waals surface area contributed by atoms with E-state index in [9.17, 15) is 14.3 Å². The Morgan fingerprint density at radius 2 is 1.94 bits per heavy atom. The van der Waals surface area contributed by atoms with E-state index in [0.29, 0.717) is 31.4 Å². The van der Waals surface area contributed by atoms with E-state index in [1.54, 1.807) is 6.92 Å². The number of terminal acetylenes is 1. The number of carbonyl (C=O) groups excluding carboxylic acids is 1. The van der Waals surface area contributed by atoms with Crippen molar-refractivity contribution in [1.82, 2.24) is 25.2 Å². The Hall–Kier alpha value is -4.67. The number of carbonyl (C=O) groups is 1. The summed E-state index contributed by atoms with van der Waals surface area (Å²) in [6.07, 6.45) is 8.64. The summed E-state index contributed by atoms with van der Waals surface area (Å²) < 4.78 is 58.5. The summed E-state index contributed by atoms with van der Waals surface area (Å²) in [5.74, 6) is -0.141. The summed E-state index contributed by atoms with van der Waals surface area (Å²) in [5.41, 5.74) is -1.59. The Morgan fingerprint density at radius 3 is 2.69 bits per heavy atom. The number of benzene rings is 2. The number of aromatic nitrogens is 3. The normalized spacial score (nSPS) is 24.8. The van der Waals surface area contributed by atoms with Crippen LogP contribution in [0, 0.1) is 24.0 Å². The van der Waals surface area contributed by atoms with Crippen LogP contribution in [0.15, 0.2) is 24.3 Å². The van der Waals surface area contributed by atoms with Gasteiger partial charge < -0.3 is 24.8 Å². The first-order valence-corrected chi connectivity index (χ1v) is 16.7. The number of nitrogens with one attached hydrogen (secondary N) is 1. The summed E-state index contributed by atoms with van der Waals surface area (Å²) in [6, 6.07) is 5.39. The van der Waals surface area contributed by atoms with Crippen molar-refractivity contribution < 1.29 is 32.5 Å². The van der Waals surface area contributed by atoms with E-state index in [-0.39, 0.29) is 81.7 Å². The Balaban J connectivity index is 1.36. The molecule has 4 saturated heterocycles. The molecule has 2 N–H and O–H groups in total.